The van der Waals surface area contributed by atoms with Gasteiger partial charge in [-0.2, -0.15) is 9.40 Å². The molecule has 3 aromatic rings. The monoisotopic (exact) mass is 390 g/mol. The third-order valence-corrected chi connectivity index (χ3v) is 6.26. The summed E-state index contributed by atoms with van der Waals surface area (Å²) >= 11 is 0. The van der Waals surface area contributed by atoms with E-state index >= 15 is 0 Å². The molecule has 4 heterocycles. The van der Waals surface area contributed by atoms with Gasteiger partial charge in [0.2, 0.25) is 10.0 Å². The van der Waals surface area contributed by atoms with E-state index in [9.17, 15) is 13.2 Å². The van der Waals surface area contributed by atoms with Crippen molar-refractivity contribution in [3.8, 4) is 5.82 Å². The second-order valence-electron chi connectivity index (χ2n) is 6.60. The number of aryl methyl sites for hydroxylation is 2. The molecule has 0 spiro atoms. The van der Waals surface area contributed by atoms with Crippen LogP contribution in [-0.2, 0) is 16.6 Å². The average molecular weight is 390 g/mol. The molecule has 0 radical (unpaired) electrons. The first-order chi connectivity index (χ1) is 12.8. The summed E-state index contributed by atoms with van der Waals surface area (Å²) in [7, 11) is -3.59. The second-order valence-corrected chi connectivity index (χ2v) is 8.54. The predicted octanol–water partition coefficient (Wildman–Crippen LogP) is 0.355. The van der Waals surface area contributed by atoms with Crippen molar-refractivity contribution >= 4 is 10.0 Å². The van der Waals surface area contributed by atoms with Gasteiger partial charge in [-0.1, -0.05) is 5.16 Å². The van der Waals surface area contributed by atoms with E-state index in [2.05, 4.69) is 19.9 Å². The van der Waals surface area contributed by atoms with Gasteiger partial charge in [0.15, 0.2) is 5.82 Å². The zero-order valence-corrected chi connectivity index (χ0v) is 15.6. The number of hydrogen-bond acceptors (Lipinski definition) is 7. The van der Waals surface area contributed by atoms with Crippen LogP contribution in [-0.4, -0.2) is 50.5 Å². The predicted molar refractivity (Wildman–Crippen MR) is 93.8 cm³/mol. The van der Waals surface area contributed by atoms with Crippen LogP contribution in [0.3, 0.4) is 0 Å². The molecule has 1 aliphatic rings. The fourth-order valence-corrected chi connectivity index (χ4v) is 4.55. The first kappa shape index (κ1) is 17.6. The van der Waals surface area contributed by atoms with E-state index in [0.717, 1.165) is 17.7 Å². The number of rotatable bonds is 5. The van der Waals surface area contributed by atoms with Gasteiger partial charge in [0.05, 0.1) is 18.4 Å². The fraction of sp³-hybridized carbons (Fsp3) is 0.375. The summed E-state index contributed by atoms with van der Waals surface area (Å²) in [5.74, 6) is 0.550. The molecule has 1 aliphatic heterocycles. The third kappa shape index (κ3) is 3.19. The molecule has 27 heavy (non-hydrogen) atoms. The van der Waals surface area contributed by atoms with Gasteiger partial charge in [-0.15, -0.1) is 5.10 Å². The summed E-state index contributed by atoms with van der Waals surface area (Å²) in [4.78, 5) is 12.2. The van der Waals surface area contributed by atoms with E-state index in [1.165, 1.54) is 21.3 Å². The van der Waals surface area contributed by atoms with Crippen molar-refractivity contribution in [3.05, 3.63) is 52.4 Å². The van der Waals surface area contributed by atoms with Crippen LogP contribution in [0, 0.1) is 19.8 Å². The van der Waals surface area contributed by atoms with Crippen LogP contribution in [0.25, 0.3) is 5.82 Å². The number of hydrogen-bond donors (Lipinski definition) is 0. The molecule has 0 bridgehead atoms. The average Bonchev–Trinajstić information content (AvgIpc) is 3.22. The highest BCUT2D eigenvalue weighted by Gasteiger charge is 2.37. The summed E-state index contributed by atoms with van der Waals surface area (Å²) in [6.07, 6.45) is 2.28. The molecule has 11 heteroatoms. The molecule has 0 unspecified atom stereocenters. The van der Waals surface area contributed by atoms with Crippen LogP contribution >= 0.6 is 0 Å². The van der Waals surface area contributed by atoms with Gasteiger partial charge < -0.3 is 4.52 Å². The van der Waals surface area contributed by atoms with Crippen molar-refractivity contribution in [2.24, 2.45) is 5.92 Å². The lowest BCUT2D eigenvalue weighted by molar-refractivity contribution is 0.172. The highest BCUT2D eigenvalue weighted by Crippen LogP contribution is 2.25. The number of nitrogens with zero attached hydrogens (tertiary/aromatic N) is 6. The van der Waals surface area contributed by atoms with Crippen LogP contribution < -0.4 is 5.56 Å². The van der Waals surface area contributed by atoms with Gasteiger partial charge in [-0.3, -0.25) is 4.79 Å². The molecule has 10 nitrogen and oxygen atoms in total. The van der Waals surface area contributed by atoms with Crippen molar-refractivity contribution in [1.29, 1.82) is 0 Å². The van der Waals surface area contributed by atoms with Crippen LogP contribution in [0.5, 0.6) is 0 Å². The Labute approximate surface area is 155 Å². The molecule has 1 fully saturated rings. The Balaban J connectivity index is 1.49. The molecule has 4 rings (SSSR count). The van der Waals surface area contributed by atoms with Crippen LogP contribution in [0.15, 0.2) is 44.9 Å². The Morgan fingerprint density at radius 1 is 1.22 bits per heavy atom. The Morgan fingerprint density at radius 3 is 2.63 bits per heavy atom. The quantitative estimate of drug-likeness (QED) is 0.617. The maximum atomic E-state index is 12.3. The molecule has 1 saturated heterocycles. The third-order valence-electron chi connectivity index (χ3n) is 4.48. The largest absolute Gasteiger partial charge is 0.363 e. The molecule has 142 valence electrons. The van der Waals surface area contributed by atoms with Gasteiger partial charge in [0.1, 0.15) is 11.2 Å². The van der Waals surface area contributed by atoms with Crippen LogP contribution in [0.2, 0.25) is 0 Å². The molecule has 3 aromatic heterocycles. The SMILES string of the molecule is Cc1cc(C)n(-c2ccc(=O)n(CC3CN(S(=O)(=O)c4cnoc4)C3)n2)n1. The standard InChI is InChI=1S/C16H18N6O4S/c1-11-5-12(2)22(18-11)15-3-4-16(23)21(19-15)9-13-7-20(8-13)27(24,25)14-6-17-26-10-14/h3-6,10,13H,7-9H2,1-2H3. The smallest absolute Gasteiger partial charge is 0.266 e. The summed E-state index contributed by atoms with van der Waals surface area (Å²) in [6.45, 7) is 4.76. The number of aromatic nitrogens is 5. The zero-order valence-electron chi connectivity index (χ0n) is 14.8. The van der Waals surface area contributed by atoms with Crippen LogP contribution in [0.1, 0.15) is 11.4 Å². The highest BCUT2D eigenvalue weighted by molar-refractivity contribution is 7.89. The first-order valence-corrected chi connectivity index (χ1v) is 9.80. The first-order valence-electron chi connectivity index (χ1n) is 8.36. The maximum absolute atomic E-state index is 12.3. The van der Waals surface area contributed by atoms with Crippen molar-refractivity contribution in [2.75, 3.05) is 13.1 Å². The Morgan fingerprint density at radius 2 is 2.00 bits per heavy atom. The van der Waals surface area contributed by atoms with Gasteiger partial charge in [-0.25, -0.2) is 17.8 Å². The molecular weight excluding hydrogens is 372 g/mol. The summed E-state index contributed by atoms with van der Waals surface area (Å²) in [6, 6.07) is 5.00. The Kier molecular flexibility index (Phi) is 4.19. The van der Waals surface area contributed by atoms with Gasteiger partial charge in [0.25, 0.3) is 5.56 Å². The molecule has 0 atom stereocenters. The lowest BCUT2D eigenvalue weighted by Gasteiger charge is -2.37. The van der Waals surface area contributed by atoms with Gasteiger partial charge >= 0.3 is 0 Å². The molecule has 0 amide bonds. The lowest BCUT2D eigenvalue weighted by Crippen LogP contribution is -2.52. The molecule has 0 aromatic carbocycles. The van der Waals surface area contributed by atoms with Crippen molar-refractivity contribution in [2.45, 2.75) is 25.3 Å². The minimum absolute atomic E-state index is 0.000500. The minimum Gasteiger partial charge on any atom is -0.363 e. The second kappa shape index (κ2) is 6.43. The van der Waals surface area contributed by atoms with Crippen molar-refractivity contribution < 1.29 is 12.9 Å². The minimum atomic E-state index is -3.59. The lowest BCUT2D eigenvalue weighted by atomic mass is 10.0. The molecule has 0 saturated carbocycles. The zero-order chi connectivity index (χ0) is 19.2. The van der Waals surface area contributed by atoms with E-state index in [1.54, 1.807) is 10.7 Å². The fourth-order valence-electron chi connectivity index (χ4n) is 3.09. The van der Waals surface area contributed by atoms with Crippen molar-refractivity contribution in [3.63, 3.8) is 0 Å². The summed E-state index contributed by atoms with van der Waals surface area (Å²) in [5.41, 5.74) is 1.54. The Bertz CT molecular complexity index is 1130. The maximum Gasteiger partial charge on any atom is 0.266 e. The van der Waals surface area contributed by atoms with E-state index < -0.39 is 10.0 Å². The molecule has 0 aliphatic carbocycles. The van der Waals surface area contributed by atoms with E-state index in [4.69, 9.17) is 0 Å². The van der Waals surface area contributed by atoms with Crippen LogP contribution in [0.4, 0.5) is 0 Å². The topological polar surface area (TPSA) is 116 Å². The van der Waals surface area contributed by atoms with Crippen molar-refractivity contribution in [1.82, 2.24) is 29.0 Å². The highest BCUT2D eigenvalue weighted by atomic mass is 32.2. The van der Waals surface area contributed by atoms with Gasteiger partial charge in [-0.05, 0) is 26.0 Å². The summed E-state index contributed by atoms with van der Waals surface area (Å²) in [5, 5.41) is 12.2. The summed E-state index contributed by atoms with van der Waals surface area (Å²) < 4.78 is 33.7. The van der Waals surface area contributed by atoms with E-state index in [1.807, 2.05) is 19.9 Å². The Hall–Kier alpha value is -2.79. The van der Waals surface area contributed by atoms with E-state index in [0.29, 0.717) is 25.5 Å². The van der Waals surface area contributed by atoms with E-state index in [-0.39, 0.29) is 16.4 Å². The normalized spacial score (nSPS) is 15.8. The van der Waals surface area contributed by atoms with Gasteiger partial charge in [0, 0.05) is 30.8 Å². The molecule has 0 N–H and O–H groups in total. The molecular formula is C16H18N6O4S. The number of sulfonamides is 1.